The Bertz CT molecular complexity index is 381. The molecule has 1 atom stereocenters. The Morgan fingerprint density at radius 3 is 2.50 bits per heavy atom. The first kappa shape index (κ1) is 15.5. The summed E-state index contributed by atoms with van der Waals surface area (Å²) in [5.41, 5.74) is 0.926. The van der Waals surface area contributed by atoms with E-state index in [9.17, 15) is 5.11 Å². The van der Waals surface area contributed by atoms with Crippen molar-refractivity contribution in [1.82, 2.24) is 10.2 Å². The van der Waals surface area contributed by atoms with Gasteiger partial charge in [-0.05, 0) is 44.8 Å². The van der Waals surface area contributed by atoms with Crippen LogP contribution in [-0.2, 0) is 0 Å². The lowest BCUT2D eigenvalue weighted by Crippen LogP contribution is -2.43. The summed E-state index contributed by atoms with van der Waals surface area (Å²) in [6, 6.07) is 11.1. The first-order valence-electron chi connectivity index (χ1n) is 7.84. The van der Waals surface area contributed by atoms with Crippen LogP contribution in [0.15, 0.2) is 30.3 Å². The van der Waals surface area contributed by atoms with E-state index in [0.717, 1.165) is 45.4 Å². The standard InChI is InChI=1S/C17H28N2O/c1-3-18-16(15-7-5-4-6-8-15)9-12-19-13-10-17(2,20)11-14-19/h4-8,16,18,20H,3,9-14H2,1-2H3. The molecular formula is C17H28N2O. The normalized spacial score (nSPS) is 20.8. The Kier molecular flexibility index (Phi) is 5.58. The Morgan fingerprint density at radius 1 is 1.25 bits per heavy atom. The molecule has 0 aromatic heterocycles. The highest BCUT2D eigenvalue weighted by Crippen LogP contribution is 2.23. The van der Waals surface area contributed by atoms with E-state index in [-0.39, 0.29) is 0 Å². The van der Waals surface area contributed by atoms with Gasteiger partial charge >= 0.3 is 0 Å². The Morgan fingerprint density at radius 2 is 1.90 bits per heavy atom. The summed E-state index contributed by atoms with van der Waals surface area (Å²) in [6.07, 6.45) is 2.91. The van der Waals surface area contributed by atoms with Crippen LogP contribution in [0, 0.1) is 0 Å². The van der Waals surface area contributed by atoms with Crippen molar-refractivity contribution in [2.45, 2.75) is 44.8 Å². The van der Waals surface area contributed by atoms with Gasteiger partial charge in [0.25, 0.3) is 0 Å². The number of hydrogen-bond donors (Lipinski definition) is 2. The van der Waals surface area contributed by atoms with Gasteiger partial charge in [-0.3, -0.25) is 0 Å². The molecule has 0 spiro atoms. The zero-order chi connectivity index (χ0) is 14.4. The number of hydrogen-bond acceptors (Lipinski definition) is 3. The molecule has 20 heavy (non-hydrogen) atoms. The summed E-state index contributed by atoms with van der Waals surface area (Å²) in [5, 5.41) is 13.6. The summed E-state index contributed by atoms with van der Waals surface area (Å²) in [7, 11) is 0. The van der Waals surface area contributed by atoms with E-state index in [1.54, 1.807) is 0 Å². The third-order valence-corrected chi connectivity index (χ3v) is 4.32. The first-order valence-corrected chi connectivity index (χ1v) is 7.84. The van der Waals surface area contributed by atoms with E-state index in [0.29, 0.717) is 6.04 Å². The summed E-state index contributed by atoms with van der Waals surface area (Å²) < 4.78 is 0. The van der Waals surface area contributed by atoms with Crippen molar-refractivity contribution in [2.24, 2.45) is 0 Å². The number of nitrogens with one attached hydrogen (secondary N) is 1. The highest BCUT2D eigenvalue weighted by Gasteiger charge is 2.27. The molecule has 112 valence electrons. The molecule has 1 saturated heterocycles. The van der Waals surface area contributed by atoms with Crippen LogP contribution in [0.1, 0.15) is 44.7 Å². The van der Waals surface area contributed by atoms with Gasteiger partial charge < -0.3 is 15.3 Å². The Balaban J connectivity index is 1.84. The minimum atomic E-state index is -0.447. The van der Waals surface area contributed by atoms with Crippen molar-refractivity contribution >= 4 is 0 Å². The minimum Gasteiger partial charge on any atom is -0.390 e. The average Bonchev–Trinajstić information content (AvgIpc) is 2.45. The highest BCUT2D eigenvalue weighted by atomic mass is 16.3. The zero-order valence-electron chi connectivity index (χ0n) is 12.8. The van der Waals surface area contributed by atoms with Gasteiger partial charge in [-0.15, -0.1) is 0 Å². The van der Waals surface area contributed by atoms with Crippen molar-refractivity contribution in [3.63, 3.8) is 0 Å². The topological polar surface area (TPSA) is 35.5 Å². The van der Waals surface area contributed by atoms with Crippen LogP contribution in [0.3, 0.4) is 0 Å². The van der Waals surface area contributed by atoms with Crippen LogP contribution in [0.2, 0.25) is 0 Å². The molecular weight excluding hydrogens is 248 g/mol. The predicted octanol–water partition coefficient (Wildman–Crippen LogP) is 2.57. The Hall–Kier alpha value is -0.900. The second-order valence-corrected chi connectivity index (χ2v) is 6.15. The molecule has 1 heterocycles. The number of rotatable bonds is 6. The van der Waals surface area contributed by atoms with Crippen LogP contribution in [0.5, 0.6) is 0 Å². The number of nitrogens with zero attached hydrogens (tertiary/aromatic N) is 1. The molecule has 1 aromatic carbocycles. The lowest BCUT2D eigenvalue weighted by molar-refractivity contribution is -0.00596. The van der Waals surface area contributed by atoms with Gasteiger partial charge in [0.2, 0.25) is 0 Å². The van der Waals surface area contributed by atoms with Crippen molar-refractivity contribution in [3.8, 4) is 0 Å². The Labute approximate surface area is 123 Å². The molecule has 2 N–H and O–H groups in total. The maximum atomic E-state index is 9.99. The molecule has 0 saturated carbocycles. The fourth-order valence-corrected chi connectivity index (χ4v) is 2.89. The van der Waals surface area contributed by atoms with E-state index in [4.69, 9.17) is 0 Å². The van der Waals surface area contributed by atoms with E-state index < -0.39 is 5.60 Å². The zero-order valence-corrected chi connectivity index (χ0v) is 12.8. The predicted molar refractivity (Wildman–Crippen MR) is 83.8 cm³/mol. The van der Waals surface area contributed by atoms with Gasteiger partial charge in [-0.1, -0.05) is 37.3 Å². The van der Waals surface area contributed by atoms with Crippen LogP contribution < -0.4 is 5.32 Å². The number of likely N-dealkylation sites (tertiary alicyclic amines) is 1. The van der Waals surface area contributed by atoms with Gasteiger partial charge in [0, 0.05) is 19.1 Å². The smallest absolute Gasteiger partial charge is 0.0644 e. The molecule has 1 unspecified atom stereocenters. The van der Waals surface area contributed by atoms with Gasteiger partial charge in [0.05, 0.1) is 5.60 Å². The maximum absolute atomic E-state index is 9.99. The lowest BCUT2D eigenvalue weighted by atomic mass is 9.93. The molecule has 1 fully saturated rings. The van der Waals surface area contributed by atoms with E-state index >= 15 is 0 Å². The first-order chi connectivity index (χ1) is 9.61. The quantitative estimate of drug-likeness (QED) is 0.838. The van der Waals surface area contributed by atoms with Crippen LogP contribution in [0.25, 0.3) is 0 Å². The second-order valence-electron chi connectivity index (χ2n) is 6.15. The molecule has 1 aliphatic rings. The molecule has 1 aliphatic heterocycles. The molecule has 1 aromatic rings. The van der Waals surface area contributed by atoms with Crippen molar-refractivity contribution in [3.05, 3.63) is 35.9 Å². The highest BCUT2D eigenvalue weighted by molar-refractivity contribution is 5.18. The fourth-order valence-electron chi connectivity index (χ4n) is 2.89. The number of aliphatic hydroxyl groups is 1. The van der Waals surface area contributed by atoms with Crippen molar-refractivity contribution in [1.29, 1.82) is 0 Å². The minimum absolute atomic E-state index is 0.434. The molecule has 0 radical (unpaired) electrons. The van der Waals surface area contributed by atoms with Crippen LogP contribution >= 0.6 is 0 Å². The molecule has 2 rings (SSSR count). The fraction of sp³-hybridized carbons (Fsp3) is 0.647. The monoisotopic (exact) mass is 276 g/mol. The molecule has 3 heteroatoms. The lowest BCUT2D eigenvalue weighted by Gasteiger charge is -2.36. The average molecular weight is 276 g/mol. The van der Waals surface area contributed by atoms with Gasteiger partial charge in [0.15, 0.2) is 0 Å². The van der Waals surface area contributed by atoms with Crippen LogP contribution in [-0.4, -0.2) is 41.8 Å². The van der Waals surface area contributed by atoms with Crippen molar-refractivity contribution < 1.29 is 5.11 Å². The van der Waals surface area contributed by atoms with Gasteiger partial charge in [-0.2, -0.15) is 0 Å². The summed E-state index contributed by atoms with van der Waals surface area (Å²) in [5.74, 6) is 0. The van der Waals surface area contributed by atoms with E-state index in [2.05, 4.69) is 47.5 Å². The number of piperidine rings is 1. The van der Waals surface area contributed by atoms with Crippen molar-refractivity contribution in [2.75, 3.05) is 26.2 Å². The molecule has 0 aliphatic carbocycles. The maximum Gasteiger partial charge on any atom is 0.0644 e. The number of benzene rings is 1. The second kappa shape index (κ2) is 7.21. The SMILES string of the molecule is CCNC(CCN1CCC(C)(O)CC1)c1ccccc1. The van der Waals surface area contributed by atoms with Gasteiger partial charge in [0.1, 0.15) is 0 Å². The van der Waals surface area contributed by atoms with Gasteiger partial charge in [-0.25, -0.2) is 0 Å². The third-order valence-electron chi connectivity index (χ3n) is 4.32. The van der Waals surface area contributed by atoms with Crippen LogP contribution in [0.4, 0.5) is 0 Å². The van der Waals surface area contributed by atoms with E-state index in [1.807, 2.05) is 6.92 Å². The summed E-state index contributed by atoms with van der Waals surface area (Å²) in [6.45, 7) is 8.24. The molecule has 3 nitrogen and oxygen atoms in total. The third kappa shape index (κ3) is 4.58. The largest absolute Gasteiger partial charge is 0.390 e. The summed E-state index contributed by atoms with van der Waals surface area (Å²) in [4.78, 5) is 2.48. The molecule has 0 amide bonds. The molecule has 0 bridgehead atoms. The van der Waals surface area contributed by atoms with E-state index in [1.165, 1.54) is 5.56 Å². The summed E-state index contributed by atoms with van der Waals surface area (Å²) >= 11 is 0.